The summed E-state index contributed by atoms with van der Waals surface area (Å²) in [5.74, 6) is -5.19. The van der Waals surface area contributed by atoms with Crippen LogP contribution in [0.25, 0.3) is 10.9 Å². The number of carboxylic acids is 1. The number of nitrogens with one attached hydrogen (secondary N) is 8. The van der Waals surface area contributed by atoms with Gasteiger partial charge in [0, 0.05) is 35.4 Å². The number of carboxylic acid groups (broad SMARTS) is 1. The van der Waals surface area contributed by atoms with Crippen molar-refractivity contribution >= 4 is 64.1 Å². The molecule has 2 heterocycles. The molecule has 312 valence electrons. The molecule has 6 atom stereocenters. The van der Waals surface area contributed by atoms with Crippen LogP contribution >= 0.6 is 11.8 Å². The summed E-state index contributed by atoms with van der Waals surface area (Å²) in [6.07, 6.45) is 7.02. The second-order valence-corrected chi connectivity index (χ2v) is 15.6. The Morgan fingerprint density at radius 3 is 2.12 bits per heavy atom. The second kappa shape index (κ2) is 22.3. The van der Waals surface area contributed by atoms with Crippen LogP contribution in [0.5, 0.6) is 0 Å². The lowest BCUT2D eigenvalue weighted by Gasteiger charge is -2.26. The van der Waals surface area contributed by atoms with Gasteiger partial charge in [0.2, 0.25) is 35.4 Å². The highest BCUT2D eigenvalue weighted by molar-refractivity contribution is 7.98. The second-order valence-electron chi connectivity index (χ2n) is 14.6. The largest absolute Gasteiger partial charge is 0.480 e. The highest BCUT2D eigenvalue weighted by Gasteiger charge is 2.32. The summed E-state index contributed by atoms with van der Waals surface area (Å²) in [6, 6.07) is 1.04. The quantitative estimate of drug-likeness (QED) is 0.0613. The van der Waals surface area contributed by atoms with E-state index in [9.17, 15) is 38.7 Å². The maximum atomic E-state index is 13.6. The molecule has 0 fully saturated rings. The molecule has 3 rings (SSSR count). The number of fused-ring (bicyclic) bond motifs is 1. The molecule has 18 nitrogen and oxygen atoms in total. The van der Waals surface area contributed by atoms with Gasteiger partial charge >= 0.3 is 5.97 Å². The molecule has 2 aromatic heterocycles. The summed E-state index contributed by atoms with van der Waals surface area (Å²) >= 11 is 1.43. The van der Waals surface area contributed by atoms with E-state index < -0.39 is 90.1 Å². The maximum Gasteiger partial charge on any atom is 0.326 e. The average Bonchev–Trinajstić information content (AvgIpc) is 3.83. The third kappa shape index (κ3) is 14.5. The summed E-state index contributed by atoms with van der Waals surface area (Å²) in [5, 5.41) is 26.0. The van der Waals surface area contributed by atoms with Gasteiger partial charge in [-0.1, -0.05) is 45.9 Å². The van der Waals surface area contributed by atoms with Gasteiger partial charge in [0.15, 0.2) is 0 Å². The fraction of sp³-hybridized carbons (Fsp3) is 0.526. The fourth-order valence-electron chi connectivity index (χ4n) is 5.92. The van der Waals surface area contributed by atoms with Crippen LogP contribution in [0.15, 0.2) is 43.0 Å². The lowest BCUT2D eigenvalue weighted by Crippen LogP contribution is -2.58. The van der Waals surface area contributed by atoms with Gasteiger partial charge in [-0.05, 0) is 61.7 Å². The first-order valence-corrected chi connectivity index (χ1v) is 20.2. The minimum absolute atomic E-state index is 0.0489. The Bertz CT molecular complexity index is 1830. The summed E-state index contributed by atoms with van der Waals surface area (Å²) in [4.78, 5) is 101. The number of benzene rings is 1. The number of hydrogen-bond donors (Lipinski definition) is 10. The van der Waals surface area contributed by atoms with Gasteiger partial charge in [-0.3, -0.25) is 28.8 Å². The molecule has 6 amide bonds. The fourth-order valence-corrected chi connectivity index (χ4v) is 6.39. The lowest BCUT2D eigenvalue weighted by molar-refractivity contribution is -0.142. The highest BCUT2D eigenvalue weighted by atomic mass is 32.2. The van der Waals surface area contributed by atoms with Crippen LogP contribution in [0, 0.1) is 11.8 Å². The average molecular weight is 813 g/mol. The van der Waals surface area contributed by atoms with E-state index in [4.69, 9.17) is 5.73 Å². The van der Waals surface area contributed by atoms with E-state index in [2.05, 4.69) is 46.9 Å². The molecule has 19 heteroatoms. The van der Waals surface area contributed by atoms with Crippen molar-refractivity contribution in [2.75, 3.05) is 18.6 Å². The number of hydrogen-bond acceptors (Lipinski definition) is 10. The van der Waals surface area contributed by atoms with Gasteiger partial charge in [0.05, 0.1) is 18.9 Å². The first-order chi connectivity index (χ1) is 27.0. The molecule has 11 N–H and O–H groups in total. The molecule has 0 spiro atoms. The Balaban J connectivity index is 1.60. The van der Waals surface area contributed by atoms with E-state index in [1.165, 1.54) is 31.2 Å². The first kappa shape index (κ1) is 46.0. The molecule has 0 aliphatic carbocycles. The van der Waals surface area contributed by atoms with Crippen molar-refractivity contribution in [3.8, 4) is 0 Å². The smallest absolute Gasteiger partial charge is 0.326 e. The Labute approximate surface area is 335 Å². The summed E-state index contributed by atoms with van der Waals surface area (Å²) in [7, 11) is 0. The first-order valence-electron chi connectivity index (χ1n) is 18.8. The van der Waals surface area contributed by atoms with E-state index in [1.54, 1.807) is 20.0 Å². The minimum Gasteiger partial charge on any atom is -0.480 e. The Morgan fingerprint density at radius 2 is 1.49 bits per heavy atom. The summed E-state index contributed by atoms with van der Waals surface area (Å²) < 4.78 is 0. The summed E-state index contributed by atoms with van der Waals surface area (Å²) in [5.41, 5.74) is 8.43. The number of rotatable bonds is 23. The van der Waals surface area contributed by atoms with Crippen LogP contribution in [-0.2, 0) is 46.4 Å². The van der Waals surface area contributed by atoms with Crippen molar-refractivity contribution in [1.82, 2.24) is 46.9 Å². The van der Waals surface area contributed by atoms with E-state index in [0.29, 0.717) is 11.4 Å². The third-order valence-electron chi connectivity index (χ3n) is 9.07. The Morgan fingerprint density at radius 1 is 0.807 bits per heavy atom. The van der Waals surface area contributed by atoms with Gasteiger partial charge in [-0.15, -0.1) is 0 Å². The van der Waals surface area contributed by atoms with Gasteiger partial charge in [-0.2, -0.15) is 11.8 Å². The van der Waals surface area contributed by atoms with E-state index in [1.807, 2.05) is 44.4 Å². The molecule has 1 aromatic carbocycles. The van der Waals surface area contributed by atoms with Gasteiger partial charge in [-0.25, -0.2) is 9.78 Å². The molecule has 0 bridgehead atoms. The van der Waals surface area contributed by atoms with E-state index >= 15 is 0 Å². The molecule has 0 saturated heterocycles. The number of amides is 6. The number of thioether (sulfide) groups is 1. The number of aromatic amines is 2. The Kier molecular flexibility index (Phi) is 18.0. The van der Waals surface area contributed by atoms with Crippen molar-refractivity contribution < 1.29 is 38.7 Å². The zero-order valence-corrected chi connectivity index (χ0v) is 34.0. The number of nitrogens with zero attached hydrogens (tertiary/aromatic N) is 1. The van der Waals surface area contributed by atoms with Crippen molar-refractivity contribution in [2.45, 2.75) is 96.6 Å². The normalized spacial score (nSPS) is 14.5. The summed E-state index contributed by atoms with van der Waals surface area (Å²) in [6.45, 7) is 7.97. The molecule has 0 saturated carbocycles. The number of para-hydroxylation sites is 1. The van der Waals surface area contributed by atoms with Crippen LogP contribution in [0.2, 0.25) is 0 Å². The predicted octanol–water partition coefficient (Wildman–Crippen LogP) is 0.103. The number of carbonyl (C=O) groups is 7. The number of carbonyl (C=O) groups excluding carboxylic acids is 6. The zero-order valence-electron chi connectivity index (χ0n) is 33.1. The highest BCUT2D eigenvalue weighted by Crippen LogP contribution is 2.19. The van der Waals surface area contributed by atoms with Crippen LogP contribution in [0.4, 0.5) is 0 Å². The molecular formula is C38H56N10O8S. The number of nitrogens with two attached hydrogens (primary N) is 1. The molecular weight excluding hydrogens is 757 g/mol. The van der Waals surface area contributed by atoms with Crippen molar-refractivity contribution in [3.05, 3.63) is 54.2 Å². The Hall–Kier alpha value is -5.43. The van der Waals surface area contributed by atoms with Crippen LogP contribution < -0.4 is 37.6 Å². The SMILES string of the molecule is CSCC[C@H](NC(=O)[C@H](CC(C)C)NC(=O)[C@H](Cc1cnc[nH]1)NC(=O)CNC(=O)[C@@H](NC(=O)[C@H](C)NC(=O)[C@@H](N)Cc1c[nH]c2ccccc12)C(C)C)C(=O)O. The number of aliphatic carboxylic acids is 1. The molecule has 3 aromatic rings. The van der Waals surface area contributed by atoms with E-state index in [-0.39, 0.29) is 31.6 Å². The third-order valence-corrected chi connectivity index (χ3v) is 9.71. The van der Waals surface area contributed by atoms with Crippen molar-refractivity contribution in [3.63, 3.8) is 0 Å². The lowest BCUT2D eigenvalue weighted by atomic mass is 10.0. The van der Waals surface area contributed by atoms with E-state index in [0.717, 1.165) is 16.5 Å². The van der Waals surface area contributed by atoms with Crippen LogP contribution in [0.1, 0.15) is 58.7 Å². The number of H-pyrrole nitrogens is 2. The molecule has 0 aliphatic rings. The topological polar surface area (TPSA) is 282 Å². The number of aromatic nitrogens is 3. The van der Waals surface area contributed by atoms with Gasteiger partial charge < -0.3 is 52.7 Å². The molecule has 0 radical (unpaired) electrons. The predicted molar refractivity (Wildman–Crippen MR) is 216 cm³/mol. The van der Waals surface area contributed by atoms with Gasteiger partial charge in [0.1, 0.15) is 30.2 Å². The molecule has 57 heavy (non-hydrogen) atoms. The number of imidazole rings is 1. The maximum absolute atomic E-state index is 13.6. The minimum atomic E-state index is -1.23. The van der Waals surface area contributed by atoms with Crippen molar-refractivity contribution in [1.29, 1.82) is 0 Å². The monoisotopic (exact) mass is 812 g/mol. The van der Waals surface area contributed by atoms with Gasteiger partial charge in [0.25, 0.3) is 0 Å². The van der Waals surface area contributed by atoms with Crippen LogP contribution in [0.3, 0.4) is 0 Å². The standard InChI is InChI=1S/C38H56N10O8S/c1-20(2)13-29(35(52)46-28(38(55)56)11-12-57-6)47-36(53)30(15-24-17-40-19-43-24)45-31(49)18-42-37(54)32(21(3)4)48-33(50)22(5)44-34(51)26(39)14-23-16-41-27-10-8-7-9-25(23)27/h7-10,16-17,19-22,26,28-30,32,41H,11-15,18,39H2,1-6H3,(H,40,43)(H,42,54)(H,44,51)(H,45,49)(H,46,52)(H,47,53)(H,48,50)(H,55,56)/t22-,26-,28-,29-,30-,32-/m0/s1. The molecule has 0 unspecified atom stereocenters. The van der Waals surface area contributed by atoms with Crippen molar-refractivity contribution in [2.24, 2.45) is 17.6 Å². The molecule has 0 aliphatic heterocycles. The zero-order chi connectivity index (χ0) is 42.2. The van der Waals surface area contributed by atoms with Crippen LogP contribution in [-0.4, -0.2) is 116 Å².